The third-order valence-corrected chi connectivity index (χ3v) is 9.86. The molecule has 262 valence electrons. The summed E-state index contributed by atoms with van der Waals surface area (Å²) in [5.74, 6) is -0.389. The van der Waals surface area contributed by atoms with E-state index in [1.54, 1.807) is 23.8 Å². The molecule has 1 aliphatic heterocycles. The van der Waals surface area contributed by atoms with E-state index in [1.807, 2.05) is 129 Å². The van der Waals surface area contributed by atoms with Crippen LogP contribution in [0.25, 0.3) is 10.9 Å². The lowest BCUT2D eigenvalue weighted by atomic mass is 9.80. The summed E-state index contributed by atoms with van der Waals surface area (Å²) in [5, 5.41) is 0.974. The first kappa shape index (κ1) is 34.3. The lowest BCUT2D eigenvalue weighted by Gasteiger charge is -2.33. The summed E-state index contributed by atoms with van der Waals surface area (Å²) >= 11 is 0. The number of carbonyl (C=O) groups is 3. The van der Waals surface area contributed by atoms with Gasteiger partial charge in [0.15, 0.2) is 0 Å². The number of fused-ring (bicyclic) bond motifs is 2. The first-order valence-electron chi connectivity index (χ1n) is 17.6. The van der Waals surface area contributed by atoms with Crippen molar-refractivity contribution < 1.29 is 19.1 Å². The minimum atomic E-state index is -1.58. The van der Waals surface area contributed by atoms with E-state index in [9.17, 15) is 4.79 Å². The van der Waals surface area contributed by atoms with Gasteiger partial charge in [-0.3, -0.25) is 24.2 Å². The van der Waals surface area contributed by atoms with Crippen molar-refractivity contribution in [2.45, 2.75) is 39.8 Å². The monoisotopic (exact) mass is 690 g/mol. The Morgan fingerprint density at radius 1 is 0.750 bits per heavy atom. The van der Waals surface area contributed by atoms with Crippen LogP contribution in [0.1, 0.15) is 31.9 Å². The summed E-state index contributed by atoms with van der Waals surface area (Å²) in [6.45, 7) is 5.98. The molecule has 0 N–H and O–H groups in total. The lowest BCUT2D eigenvalue weighted by molar-refractivity contribution is -0.139. The van der Waals surface area contributed by atoms with E-state index < -0.39 is 11.3 Å². The molecule has 0 fully saturated rings. The molecule has 3 amide bonds. The molecule has 8 heteroatoms. The minimum absolute atomic E-state index is 0.126. The SMILES string of the molecule is COc1ccc(N(C(=O)CN2C(=O)C(C)(Cc3cn(Cc4ccccc4)c4ccccc34)C(=O)N(c3ccccc3)c3ccccc32)C(C)C)cc1. The molecule has 1 unspecified atom stereocenters. The third kappa shape index (κ3) is 6.32. The van der Waals surface area contributed by atoms with Crippen molar-refractivity contribution in [3.63, 3.8) is 0 Å². The molecule has 0 aliphatic carbocycles. The highest BCUT2D eigenvalue weighted by atomic mass is 16.5. The lowest BCUT2D eigenvalue weighted by Crippen LogP contribution is -2.53. The van der Waals surface area contributed by atoms with Gasteiger partial charge < -0.3 is 14.2 Å². The first-order chi connectivity index (χ1) is 25.2. The van der Waals surface area contributed by atoms with Gasteiger partial charge in [-0.1, -0.05) is 78.9 Å². The Hall–Kier alpha value is -6.15. The highest BCUT2D eigenvalue weighted by Gasteiger charge is 2.51. The van der Waals surface area contributed by atoms with Crippen LogP contribution in [0.5, 0.6) is 5.75 Å². The number of hydrogen-bond acceptors (Lipinski definition) is 4. The maximum absolute atomic E-state index is 15.3. The number of para-hydroxylation sites is 4. The van der Waals surface area contributed by atoms with Gasteiger partial charge in [0, 0.05) is 41.1 Å². The zero-order valence-electron chi connectivity index (χ0n) is 29.9. The molecule has 0 radical (unpaired) electrons. The largest absolute Gasteiger partial charge is 0.497 e. The number of ether oxygens (including phenoxy) is 1. The quantitative estimate of drug-likeness (QED) is 0.135. The van der Waals surface area contributed by atoms with Gasteiger partial charge in [0.05, 0.1) is 18.5 Å². The molecule has 0 spiro atoms. The maximum Gasteiger partial charge on any atom is 0.247 e. The summed E-state index contributed by atoms with van der Waals surface area (Å²) in [5.41, 5.74) is 3.81. The Bertz CT molecular complexity index is 2230. The van der Waals surface area contributed by atoms with Crippen LogP contribution in [0.3, 0.4) is 0 Å². The molecular weight excluding hydrogens is 649 g/mol. The summed E-state index contributed by atoms with van der Waals surface area (Å²) in [7, 11) is 1.60. The number of rotatable bonds is 10. The molecular formula is C44H42N4O4. The summed E-state index contributed by atoms with van der Waals surface area (Å²) in [4.78, 5) is 49.8. The van der Waals surface area contributed by atoms with Crippen LogP contribution >= 0.6 is 0 Å². The van der Waals surface area contributed by atoms with Crippen molar-refractivity contribution in [1.29, 1.82) is 0 Å². The molecule has 1 atom stereocenters. The predicted octanol–water partition coefficient (Wildman–Crippen LogP) is 8.40. The zero-order valence-corrected chi connectivity index (χ0v) is 29.9. The molecule has 8 nitrogen and oxygen atoms in total. The van der Waals surface area contributed by atoms with E-state index in [-0.39, 0.29) is 30.8 Å². The fraction of sp³-hybridized carbons (Fsp3) is 0.205. The molecule has 1 aliphatic rings. The van der Waals surface area contributed by atoms with Gasteiger partial charge >= 0.3 is 0 Å². The molecule has 1 aromatic heterocycles. The molecule has 0 saturated carbocycles. The van der Waals surface area contributed by atoms with Crippen LogP contribution in [-0.4, -0.2) is 42.0 Å². The van der Waals surface area contributed by atoms with E-state index in [1.165, 1.54) is 4.90 Å². The van der Waals surface area contributed by atoms with Crippen molar-refractivity contribution in [2.75, 3.05) is 28.4 Å². The molecule has 0 bridgehead atoms. The van der Waals surface area contributed by atoms with Gasteiger partial charge in [-0.05, 0) is 92.9 Å². The first-order valence-corrected chi connectivity index (χ1v) is 17.6. The molecule has 2 heterocycles. The number of nitrogens with zero attached hydrogens (tertiary/aromatic N) is 4. The molecule has 52 heavy (non-hydrogen) atoms. The van der Waals surface area contributed by atoms with Crippen LogP contribution in [0.15, 0.2) is 140 Å². The number of aromatic nitrogens is 1. The number of methoxy groups -OCH3 is 1. The fourth-order valence-corrected chi connectivity index (χ4v) is 7.32. The summed E-state index contributed by atoms with van der Waals surface area (Å²) in [6.07, 6.45) is 2.19. The molecule has 6 aromatic rings. The van der Waals surface area contributed by atoms with Crippen molar-refractivity contribution in [2.24, 2.45) is 5.41 Å². The topological polar surface area (TPSA) is 75.1 Å². The zero-order chi connectivity index (χ0) is 36.4. The van der Waals surface area contributed by atoms with Gasteiger partial charge in [0.1, 0.15) is 17.7 Å². The Morgan fingerprint density at radius 2 is 1.37 bits per heavy atom. The Kier molecular flexibility index (Phi) is 9.39. The molecule has 0 saturated heterocycles. The number of carbonyl (C=O) groups excluding carboxylic acids is 3. The second-order valence-corrected chi connectivity index (χ2v) is 13.7. The maximum atomic E-state index is 15.3. The number of anilines is 4. The smallest absolute Gasteiger partial charge is 0.247 e. The van der Waals surface area contributed by atoms with Crippen molar-refractivity contribution in [1.82, 2.24) is 4.57 Å². The highest BCUT2D eigenvalue weighted by molar-refractivity contribution is 6.24. The van der Waals surface area contributed by atoms with Crippen LogP contribution in [0.4, 0.5) is 22.7 Å². The second-order valence-electron chi connectivity index (χ2n) is 13.7. The Labute approximate surface area is 304 Å². The second kappa shape index (κ2) is 14.2. The van der Waals surface area contributed by atoms with Gasteiger partial charge in [0.2, 0.25) is 17.7 Å². The van der Waals surface area contributed by atoms with Crippen LogP contribution in [0.2, 0.25) is 0 Å². The van der Waals surface area contributed by atoms with Crippen LogP contribution in [0, 0.1) is 5.41 Å². The van der Waals surface area contributed by atoms with Gasteiger partial charge in [-0.15, -0.1) is 0 Å². The Morgan fingerprint density at radius 3 is 2.04 bits per heavy atom. The highest BCUT2D eigenvalue weighted by Crippen LogP contribution is 2.45. The van der Waals surface area contributed by atoms with E-state index in [4.69, 9.17) is 4.74 Å². The molecule has 5 aromatic carbocycles. The average molecular weight is 691 g/mol. The van der Waals surface area contributed by atoms with E-state index in [0.717, 1.165) is 22.0 Å². The van der Waals surface area contributed by atoms with Gasteiger partial charge in [-0.25, -0.2) is 0 Å². The number of amides is 3. The van der Waals surface area contributed by atoms with E-state index in [2.05, 4.69) is 29.0 Å². The fourth-order valence-electron chi connectivity index (χ4n) is 7.32. The van der Waals surface area contributed by atoms with Crippen molar-refractivity contribution >= 4 is 51.4 Å². The van der Waals surface area contributed by atoms with Crippen LogP contribution in [-0.2, 0) is 27.3 Å². The Balaban J connectivity index is 1.35. The van der Waals surface area contributed by atoms with Crippen molar-refractivity contribution in [3.05, 3.63) is 151 Å². The number of hydrogen-bond donors (Lipinski definition) is 0. The third-order valence-electron chi connectivity index (χ3n) is 9.86. The molecule has 7 rings (SSSR count). The number of benzene rings is 5. The normalized spacial score (nSPS) is 15.9. The summed E-state index contributed by atoms with van der Waals surface area (Å²) in [6, 6.07) is 42.1. The van der Waals surface area contributed by atoms with Crippen LogP contribution < -0.4 is 19.4 Å². The predicted molar refractivity (Wildman–Crippen MR) is 207 cm³/mol. The van der Waals surface area contributed by atoms with E-state index in [0.29, 0.717) is 35.0 Å². The standard InChI is InChI=1S/C44H42N4O4/c1-31(2)47(35-23-25-36(52-4)26-24-35)41(49)30-46-39-21-13-14-22-40(39)48(34-17-9-6-10-18-34)43(51)44(3,42(46)50)27-33-29-45(28-32-15-7-5-8-16-32)38-20-12-11-19-37(33)38/h5-26,29,31H,27-28,30H2,1-4H3. The van der Waals surface area contributed by atoms with Gasteiger partial charge in [0.25, 0.3) is 0 Å². The minimum Gasteiger partial charge on any atom is -0.497 e. The van der Waals surface area contributed by atoms with Gasteiger partial charge in [-0.2, -0.15) is 0 Å². The summed E-state index contributed by atoms with van der Waals surface area (Å²) < 4.78 is 7.53. The van der Waals surface area contributed by atoms with E-state index >= 15 is 9.59 Å². The van der Waals surface area contributed by atoms with Crippen molar-refractivity contribution in [3.8, 4) is 5.75 Å². The average Bonchev–Trinajstić information content (AvgIpc) is 3.48.